The summed E-state index contributed by atoms with van der Waals surface area (Å²) in [5.41, 5.74) is 14.0. The van der Waals surface area contributed by atoms with Crippen molar-refractivity contribution in [3.05, 3.63) is 206 Å². The second-order valence-corrected chi connectivity index (χ2v) is 14.3. The molecule has 0 spiro atoms. The molecule has 2 aromatic heterocycles. The minimum atomic E-state index is 0.605. The van der Waals surface area contributed by atoms with Gasteiger partial charge in [-0.25, -0.2) is 4.98 Å². The maximum atomic E-state index is 6.85. The Bertz CT molecular complexity index is 3120. The van der Waals surface area contributed by atoms with Gasteiger partial charge in [-0.2, -0.15) is 0 Å². The maximum absolute atomic E-state index is 6.85. The lowest BCUT2D eigenvalue weighted by molar-refractivity contribution is 0.621. The summed E-state index contributed by atoms with van der Waals surface area (Å²) in [5, 5.41) is 4.41. The summed E-state index contributed by atoms with van der Waals surface area (Å²) in [6, 6.07) is 72.1. The third-order valence-electron chi connectivity index (χ3n) is 10.9. The molecule has 268 valence electrons. The van der Waals surface area contributed by atoms with Crippen LogP contribution in [0.25, 0.3) is 88.6 Å². The van der Waals surface area contributed by atoms with Gasteiger partial charge in [0, 0.05) is 45.0 Å². The Morgan fingerprint density at radius 1 is 0.351 bits per heavy atom. The Kier molecular flexibility index (Phi) is 7.78. The van der Waals surface area contributed by atoms with Crippen LogP contribution in [0.1, 0.15) is 0 Å². The zero-order valence-electron chi connectivity index (χ0n) is 30.8. The summed E-state index contributed by atoms with van der Waals surface area (Å²) in [6.45, 7) is 0. The molecule has 0 atom stereocenters. The molecule has 0 bridgehead atoms. The number of aromatic nitrogens is 1. The van der Waals surface area contributed by atoms with Gasteiger partial charge in [0.05, 0.1) is 0 Å². The van der Waals surface area contributed by atoms with E-state index in [1.807, 2.05) is 42.5 Å². The molecule has 11 aromatic rings. The van der Waals surface area contributed by atoms with Crippen LogP contribution in [-0.2, 0) is 0 Å². The van der Waals surface area contributed by atoms with Crippen molar-refractivity contribution < 1.29 is 8.83 Å². The molecule has 4 heteroatoms. The van der Waals surface area contributed by atoms with Gasteiger partial charge in [0.1, 0.15) is 16.7 Å². The molecule has 0 aliphatic heterocycles. The topological polar surface area (TPSA) is 42.4 Å². The molecule has 9 aromatic carbocycles. The van der Waals surface area contributed by atoms with Crippen molar-refractivity contribution >= 4 is 60.9 Å². The van der Waals surface area contributed by atoms with Crippen molar-refractivity contribution in [2.45, 2.75) is 0 Å². The summed E-state index contributed by atoms with van der Waals surface area (Å²) in [4.78, 5) is 7.17. The van der Waals surface area contributed by atoms with Crippen molar-refractivity contribution in [3.63, 3.8) is 0 Å². The van der Waals surface area contributed by atoms with Gasteiger partial charge in [-0.05, 0) is 99.3 Å². The highest BCUT2D eigenvalue weighted by atomic mass is 16.3. The summed E-state index contributed by atoms with van der Waals surface area (Å²) < 4.78 is 13.4. The summed E-state index contributed by atoms with van der Waals surface area (Å²) in [7, 11) is 0. The predicted octanol–water partition coefficient (Wildman–Crippen LogP) is 15.0. The molecular formula is C53H34N2O2. The van der Waals surface area contributed by atoms with Crippen LogP contribution in [-0.4, -0.2) is 4.98 Å². The van der Waals surface area contributed by atoms with Crippen LogP contribution in [0, 0.1) is 0 Å². The third kappa shape index (κ3) is 5.74. The fourth-order valence-electron chi connectivity index (χ4n) is 8.17. The first-order chi connectivity index (χ1) is 28.2. The number of oxazole rings is 1. The molecule has 0 aliphatic rings. The van der Waals surface area contributed by atoms with Crippen LogP contribution in [0.2, 0.25) is 0 Å². The van der Waals surface area contributed by atoms with Crippen molar-refractivity contribution in [3.8, 4) is 44.8 Å². The zero-order chi connectivity index (χ0) is 37.7. The minimum absolute atomic E-state index is 0.605. The van der Waals surface area contributed by atoms with Crippen LogP contribution in [0.4, 0.5) is 17.1 Å². The van der Waals surface area contributed by atoms with E-state index in [1.165, 1.54) is 22.3 Å². The van der Waals surface area contributed by atoms with Crippen LogP contribution in [0.3, 0.4) is 0 Å². The molecule has 11 rings (SSSR count). The SMILES string of the molecule is c1ccc(-c2ccc(N(c3ccc(-c4ccccc4)cc3)c3ccc4c(c3)oc3cc(-c5cccc6nc(-c7ccccc7)oc56)c5ccccc5c34)cc2)cc1. The summed E-state index contributed by atoms with van der Waals surface area (Å²) in [5.74, 6) is 0.605. The van der Waals surface area contributed by atoms with Crippen LogP contribution < -0.4 is 4.90 Å². The third-order valence-corrected chi connectivity index (χ3v) is 10.9. The number of hydrogen-bond donors (Lipinski definition) is 0. The van der Waals surface area contributed by atoms with Crippen molar-refractivity contribution in [1.29, 1.82) is 0 Å². The largest absolute Gasteiger partial charge is 0.456 e. The van der Waals surface area contributed by atoms with E-state index in [2.05, 4.69) is 169 Å². The monoisotopic (exact) mass is 730 g/mol. The number of para-hydroxylation sites is 1. The van der Waals surface area contributed by atoms with Gasteiger partial charge in [-0.3, -0.25) is 0 Å². The highest BCUT2D eigenvalue weighted by molar-refractivity contribution is 6.23. The van der Waals surface area contributed by atoms with Gasteiger partial charge in [0.2, 0.25) is 5.89 Å². The highest BCUT2D eigenvalue weighted by Gasteiger charge is 2.21. The first-order valence-electron chi connectivity index (χ1n) is 19.2. The van der Waals surface area contributed by atoms with E-state index >= 15 is 0 Å². The Morgan fingerprint density at radius 3 is 1.53 bits per heavy atom. The van der Waals surface area contributed by atoms with Gasteiger partial charge in [0.25, 0.3) is 0 Å². The molecule has 0 unspecified atom stereocenters. The van der Waals surface area contributed by atoms with E-state index < -0.39 is 0 Å². The minimum Gasteiger partial charge on any atom is -0.456 e. The van der Waals surface area contributed by atoms with Gasteiger partial charge < -0.3 is 13.7 Å². The van der Waals surface area contributed by atoms with Gasteiger partial charge in [-0.15, -0.1) is 0 Å². The highest BCUT2D eigenvalue weighted by Crippen LogP contribution is 2.44. The van der Waals surface area contributed by atoms with E-state index in [9.17, 15) is 0 Å². The molecule has 0 aliphatic carbocycles. The molecule has 0 saturated carbocycles. The molecule has 0 N–H and O–H groups in total. The molecule has 0 saturated heterocycles. The number of hydrogen-bond acceptors (Lipinski definition) is 4. The lowest BCUT2D eigenvalue weighted by Crippen LogP contribution is -2.09. The van der Waals surface area contributed by atoms with Crippen molar-refractivity contribution in [2.75, 3.05) is 4.90 Å². The second kappa shape index (κ2) is 13.6. The van der Waals surface area contributed by atoms with E-state index in [4.69, 9.17) is 13.8 Å². The van der Waals surface area contributed by atoms with E-state index in [-0.39, 0.29) is 0 Å². The molecule has 0 amide bonds. The van der Waals surface area contributed by atoms with Gasteiger partial charge >= 0.3 is 0 Å². The molecule has 0 radical (unpaired) electrons. The molecule has 0 fully saturated rings. The first kappa shape index (κ1) is 32.7. The average molecular weight is 731 g/mol. The first-order valence-corrected chi connectivity index (χ1v) is 19.2. The normalized spacial score (nSPS) is 11.5. The molecular weight excluding hydrogens is 697 g/mol. The Hall–Kier alpha value is -7.69. The van der Waals surface area contributed by atoms with E-state index in [0.717, 1.165) is 77.6 Å². The Labute approximate surface area is 329 Å². The Morgan fingerprint density at radius 2 is 0.895 bits per heavy atom. The van der Waals surface area contributed by atoms with Crippen LogP contribution in [0.5, 0.6) is 0 Å². The van der Waals surface area contributed by atoms with Gasteiger partial charge in [-0.1, -0.05) is 140 Å². The molecule has 2 heterocycles. The fraction of sp³-hybridized carbons (Fsp3) is 0. The van der Waals surface area contributed by atoms with Crippen LogP contribution in [0.15, 0.2) is 215 Å². The zero-order valence-corrected chi connectivity index (χ0v) is 30.8. The second-order valence-electron chi connectivity index (χ2n) is 14.3. The number of benzene rings is 9. The lowest BCUT2D eigenvalue weighted by atomic mass is 9.94. The number of rotatable bonds is 7. The smallest absolute Gasteiger partial charge is 0.227 e. The maximum Gasteiger partial charge on any atom is 0.227 e. The summed E-state index contributed by atoms with van der Waals surface area (Å²) in [6.07, 6.45) is 0. The standard InChI is InChI=1S/C53H34N2O2/c1-4-13-35(14-5-1)37-23-27-40(28-24-37)55(41-29-25-38(26-30-41)36-15-6-2-7-16-36)42-31-32-46-49(33-42)56-50-34-47(43-19-10-11-20-44(43)51(46)50)45-21-12-22-48-52(45)57-53(54-48)39-17-8-3-9-18-39/h1-34H. The fourth-order valence-corrected chi connectivity index (χ4v) is 8.17. The van der Waals surface area contributed by atoms with Crippen LogP contribution >= 0.6 is 0 Å². The van der Waals surface area contributed by atoms with Crippen molar-refractivity contribution in [2.24, 2.45) is 0 Å². The number of anilines is 3. The molecule has 4 nitrogen and oxygen atoms in total. The predicted molar refractivity (Wildman–Crippen MR) is 235 cm³/mol. The number of furan rings is 1. The van der Waals surface area contributed by atoms with Crippen molar-refractivity contribution in [1.82, 2.24) is 4.98 Å². The number of nitrogens with zero attached hydrogens (tertiary/aromatic N) is 2. The van der Waals surface area contributed by atoms with E-state index in [0.29, 0.717) is 5.89 Å². The van der Waals surface area contributed by atoms with E-state index in [1.54, 1.807) is 0 Å². The summed E-state index contributed by atoms with van der Waals surface area (Å²) >= 11 is 0. The quantitative estimate of drug-likeness (QED) is 0.164. The molecule has 57 heavy (non-hydrogen) atoms. The Balaban J connectivity index is 1.06. The lowest BCUT2D eigenvalue weighted by Gasteiger charge is -2.26. The number of fused-ring (bicyclic) bond motifs is 6. The van der Waals surface area contributed by atoms with Gasteiger partial charge in [0.15, 0.2) is 5.58 Å². The average Bonchev–Trinajstić information content (AvgIpc) is 3.90.